The van der Waals surface area contributed by atoms with Crippen molar-refractivity contribution in [2.45, 2.75) is 19.9 Å². The van der Waals surface area contributed by atoms with Gasteiger partial charge in [0.1, 0.15) is 0 Å². The van der Waals surface area contributed by atoms with Crippen molar-refractivity contribution in [2.75, 3.05) is 7.11 Å². The van der Waals surface area contributed by atoms with Gasteiger partial charge in [-0.1, -0.05) is 37.6 Å². The average Bonchev–Trinajstić information content (AvgIpc) is 2.59. The van der Waals surface area contributed by atoms with E-state index in [1.54, 1.807) is 12.1 Å². The predicted molar refractivity (Wildman–Crippen MR) is 96.1 cm³/mol. The molecule has 2 rings (SSSR count). The van der Waals surface area contributed by atoms with Crippen molar-refractivity contribution in [3.8, 4) is 5.75 Å². The third kappa shape index (κ3) is 4.48. The highest BCUT2D eigenvalue weighted by atomic mass is 35.5. The molecule has 0 radical (unpaired) electrons. The molecule has 0 aliphatic heterocycles. The summed E-state index contributed by atoms with van der Waals surface area (Å²) in [5, 5.41) is 14.7. The second-order valence-electron chi connectivity index (χ2n) is 5.89. The molecule has 0 saturated carbocycles. The summed E-state index contributed by atoms with van der Waals surface area (Å²) < 4.78 is 4.96. The number of methoxy groups -OCH3 is 1. The van der Waals surface area contributed by atoms with E-state index < -0.39 is 4.92 Å². The van der Waals surface area contributed by atoms with Gasteiger partial charge in [0.05, 0.1) is 18.1 Å². The van der Waals surface area contributed by atoms with Crippen molar-refractivity contribution in [3.63, 3.8) is 0 Å². The number of benzene rings is 2. The van der Waals surface area contributed by atoms with E-state index in [1.807, 2.05) is 26.0 Å². The minimum Gasteiger partial charge on any atom is -0.490 e. The van der Waals surface area contributed by atoms with Gasteiger partial charge >= 0.3 is 5.69 Å². The van der Waals surface area contributed by atoms with Crippen molar-refractivity contribution < 1.29 is 14.5 Å². The second-order valence-corrected chi connectivity index (χ2v) is 6.33. The summed E-state index contributed by atoms with van der Waals surface area (Å²) in [6, 6.07) is 11.1. The highest BCUT2D eigenvalue weighted by molar-refractivity contribution is 6.30. The summed E-state index contributed by atoms with van der Waals surface area (Å²) in [5.74, 6) is -0.155. The van der Waals surface area contributed by atoms with Crippen LogP contribution in [0.1, 0.15) is 35.8 Å². The first kappa shape index (κ1) is 18.7. The Morgan fingerprint density at radius 3 is 2.36 bits per heavy atom. The van der Waals surface area contributed by atoms with E-state index in [0.717, 1.165) is 5.56 Å². The molecule has 1 unspecified atom stereocenters. The molecule has 25 heavy (non-hydrogen) atoms. The van der Waals surface area contributed by atoms with E-state index in [0.29, 0.717) is 5.02 Å². The zero-order chi connectivity index (χ0) is 18.6. The van der Waals surface area contributed by atoms with Gasteiger partial charge in [0.25, 0.3) is 5.91 Å². The Kier molecular flexibility index (Phi) is 5.98. The van der Waals surface area contributed by atoms with E-state index in [2.05, 4.69) is 5.32 Å². The lowest BCUT2D eigenvalue weighted by atomic mass is 9.95. The van der Waals surface area contributed by atoms with E-state index >= 15 is 0 Å². The number of hydrogen-bond donors (Lipinski definition) is 1. The van der Waals surface area contributed by atoms with Crippen molar-refractivity contribution in [1.82, 2.24) is 5.32 Å². The molecule has 0 fully saturated rings. The lowest BCUT2D eigenvalue weighted by molar-refractivity contribution is -0.385. The number of ether oxygens (including phenoxy) is 1. The Balaban J connectivity index is 2.28. The van der Waals surface area contributed by atoms with E-state index in [-0.39, 0.29) is 34.9 Å². The molecule has 1 amide bonds. The number of rotatable bonds is 6. The van der Waals surface area contributed by atoms with Crippen LogP contribution in [0.25, 0.3) is 0 Å². The van der Waals surface area contributed by atoms with Crippen molar-refractivity contribution in [3.05, 3.63) is 68.7 Å². The lowest BCUT2D eigenvalue weighted by Gasteiger charge is -2.23. The monoisotopic (exact) mass is 362 g/mol. The molecule has 2 aromatic rings. The fraction of sp³-hybridized carbons (Fsp3) is 0.278. The Labute approximate surface area is 150 Å². The summed E-state index contributed by atoms with van der Waals surface area (Å²) in [6.07, 6.45) is 0. The van der Waals surface area contributed by atoms with Gasteiger partial charge in [-0.25, -0.2) is 0 Å². The van der Waals surface area contributed by atoms with Crippen LogP contribution in [0.4, 0.5) is 5.69 Å². The number of halogens is 1. The van der Waals surface area contributed by atoms with Gasteiger partial charge < -0.3 is 10.1 Å². The van der Waals surface area contributed by atoms with Crippen LogP contribution in [-0.4, -0.2) is 17.9 Å². The summed E-state index contributed by atoms with van der Waals surface area (Å²) in [5.41, 5.74) is 0.866. The van der Waals surface area contributed by atoms with Gasteiger partial charge in [0.15, 0.2) is 5.75 Å². The molecule has 0 aliphatic carbocycles. The van der Waals surface area contributed by atoms with Crippen molar-refractivity contribution in [2.24, 2.45) is 5.92 Å². The van der Waals surface area contributed by atoms with Crippen LogP contribution in [0.15, 0.2) is 42.5 Å². The van der Waals surface area contributed by atoms with Gasteiger partial charge in [0, 0.05) is 16.7 Å². The number of nitrogens with zero attached hydrogens (tertiary/aromatic N) is 1. The molecular formula is C18H19ClN2O4. The molecule has 0 aliphatic rings. The van der Waals surface area contributed by atoms with Crippen LogP contribution >= 0.6 is 11.6 Å². The first-order valence-electron chi connectivity index (χ1n) is 7.72. The largest absolute Gasteiger partial charge is 0.490 e. The van der Waals surface area contributed by atoms with E-state index in [1.165, 1.54) is 25.3 Å². The SMILES string of the molecule is COc1ccc(C(=O)NC(c2ccc(Cl)cc2)C(C)C)cc1[N+](=O)[O-]. The molecule has 1 atom stereocenters. The number of nitro benzene ring substituents is 1. The summed E-state index contributed by atoms with van der Waals surface area (Å²) in [6.45, 7) is 3.96. The van der Waals surface area contributed by atoms with E-state index in [4.69, 9.17) is 16.3 Å². The molecule has 0 spiro atoms. The minimum absolute atomic E-state index is 0.111. The van der Waals surface area contributed by atoms with Crippen LogP contribution in [0.2, 0.25) is 5.02 Å². The third-order valence-corrected chi connectivity index (χ3v) is 4.07. The molecule has 0 heterocycles. The van der Waals surface area contributed by atoms with Crippen molar-refractivity contribution in [1.29, 1.82) is 0 Å². The number of carbonyl (C=O) groups is 1. The first-order valence-corrected chi connectivity index (χ1v) is 8.10. The number of nitrogens with one attached hydrogen (secondary N) is 1. The summed E-state index contributed by atoms with van der Waals surface area (Å²) in [7, 11) is 1.34. The standard InChI is InChI=1S/C18H19ClN2O4/c1-11(2)17(12-4-7-14(19)8-5-12)20-18(22)13-6-9-16(25-3)15(10-13)21(23)24/h4-11,17H,1-3H3,(H,20,22). The first-order chi connectivity index (χ1) is 11.8. The number of amides is 1. The van der Waals surface area contributed by atoms with Gasteiger partial charge in [0.2, 0.25) is 0 Å². The maximum absolute atomic E-state index is 12.6. The van der Waals surface area contributed by atoms with Crippen LogP contribution in [0.5, 0.6) is 5.75 Å². The molecule has 7 heteroatoms. The predicted octanol–water partition coefficient (Wildman–Crippen LogP) is 4.38. The average molecular weight is 363 g/mol. The third-order valence-electron chi connectivity index (χ3n) is 3.82. The normalized spacial score (nSPS) is 11.9. The number of carbonyl (C=O) groups excluding carboxylic acids is 1. The molecular weight excluding hydrogens is 344 g/mol. The molecule has 0 saturated heterocycles. The number of hydrogen-bond acceptors (Lipinski definition) is 4. The lowest BCUT2D eigenvalue weighted by Crippen LogP contribution is -2.31. The fourth-order valence-corrected chi connectivity index (χ4v) is 2.63. The Bertz CT molecular complexity index is 775. The highest BCUT2D eigenvalue weighted by Crippen LogP contribution is 2.28. The molecule has 2 aromatic carbocycles. The Morgan fingerprint density at radius 1 is 1.20 bits per heavy atom. The molecule has 6 nitrogen and oxygen atoms in total. The van der Waals surface area contributed by atoms with Gasteiger partial charge in [-0.3, -0.25) is 14.9 Å². The summed E-state index contributed by atoms with van der Waals surface area (Å²) in [4.78, 5) is 23.1. The van der Waals surface area contributed by atoms with Crippen LogP contribution < -0.4 is 10.1 Å². The maximum Gasteiger partial charge on any atom is 0.311 e. The Morgan fingerprint density at radius 2 is 1.84 bits per heavy atom. The van der Waals surface area contributed by atoms with Gasteiger partial charge in [-0.05, 0) is 35.7 Å². The maximum atomic E-state index is 12.6. The highest BCUT2D eigenvalue weighted by Gasteiger charge is 2.22. The van der Waals surface area contributed by atoms with Gasteiger partial charge in [-0.2, -0.15) is 0 Å². The van der Waals surface area contributed by atoms with Gasteiger partial charge in [-0.15, -0.1) is 0 Å². The molecule has 0 aromatic heterocycles. The zero-order valence-electron chi connectivity index (χ0n) is 14.2. The summed E-state index contributed by atoms with van der Waals surface area (Å²) >= 11 is 5.91. The smallest absolute Gasteiger partial charge is 0.311 e. The molecule has 1 N–H and O–H groups in total. The van der Waals surface area contributed by atoms with Crippen molar-refractivity contribution >= 4 is 23.2 Å². The quantitative estimate of drug-likeness (QED) is 0.610. The second kappa shape index (κ2) is 7.98. The molecule has 0 bridgehead atoms. The zero-order valence-corrected chi connectivity index (χ0v) is 14.9. The Hall–Kier alpha value is -2.60. The molecule has 132 valence electrons. The number of nitro groups is 1. The minimum atomic E-state index is -0.575. The van der Waals surface area contributed by atoms with Crippen LogP contribution in [0.3, 0.4) is 0 Å². The van der Waals surface area contributed by atoms with Crippen LogP contribution in [-0.2, 0) is 0 Å². The van der Waals surface area contributed by atoms with Crippen LogP contribution in [0, 0.1) is 16.0 Å². The topological polar surface area (TPSA) is 81.5 Å². The fourth-order valence-electron chi connectivity index (χ4n) is 2.50. The van der Waals surface area contributed by atoms with E-state index in [9.17, 15) is 14.9 Å².